The van der Waals surface area contributed by atoms with Crippen molar-refractivity contribution in [1.82, 2.24) is 4.98 Å². The molecule has 0 fully saturated rings. The van der Waals surface area contributed by atoms with Gasteiger partial charge >= 0.3 is 0 Å². The number of hydrogen-bond donors (Lipinski definition) is 0. The minimum absolute atomic E-state index is 0.580. The van der Waals surface area contributed by atoms with E-state index in [9.17, 15) is 0 Å². The Labute approximate surface area is 92.8 Å². The van der Waals surface area contributed by atoms with Gasteiger partial charge in [0.05, 0.1) is 7.11 Å². The normalized spacial score (nSPS) is 13.8. The first-order valence-electron chi connectivity index (χ1n) is 5.11. The first-order chi connectivity index (χ1) is 7.90. The number of fused-ring (bicyclic) bond motifs is 3. The number of benzene rings is 1. The van der Waals surface area contributed by atoms with Gasteiger partial charge in [0.15, 0.2) is 11.5 Å². The number of hydrogen-bond acceptors (Lipinski definition) is 4. The van der Waals surface area contributed by atoms with E-state index >= 15 is 0 Å². The van der Waals surface area contributed by atoms with Crippen molar-refractivity contribution in [3.05, 3.63) is 24.4 Å². The fourth-order valence-corrected chi connectivity index (χ4v) is 1.90. The Kier molecular flexibility index (Phi) is 2.06. The second kappa shape index (κ2) is 3.56. The highest BCUT2D eigenvalue weighted by molar-refractivity contribution is 5.94. The van der Waals surface area contributed by atoms with Gasteiger partial charge < -0.3 is 14.2 Å². The summed E-state index contributed by atoms with van der Waals surface area (Å²) in [6, 6.07) is 5.74. The van der Waals surface area contributed by atoms with Crippen LogP contribution in [0.5, 0.6) is 17.4 Å². The minimum atomic E-state index is 0.580. The van der Waals surface area contributed by atoms with Crippen LogP contribution in [0.3, 0.4) is 0 Å². The third-order valence-electron chi connectivity index (χ3n) is 2.60. The molecule has 0 radical (unpaired) electrons. The first kappa shape index (κ1) is 9.27. The van der Waals surface area contributed by atoms with Gasteiger partial charge in [-0.3, -0.25) is 0 Å². The van der Waals surface area contributed by atoms with Crippen LogP contribution in [0.15, 0.2) is 24.4 Å². The SMILES string of the molecule is COc1nccc2c3c(ccc12)OCCO3. The highest BCUT2D eigenvalue weighted by atomic mass is 16.6. The number of nitrogens with zero attached hydrogens (tertiary/aromatic N) is 1. The van der Waals surface area contributed by atoms with Crippen LogP contribution >= 0.6 is 0 Å². The number of ether oxygens (including phenoxy) is 3. The molecule has 2 aromatic rings. The van der Waals surface area contributed by atoms with Crippen molar-refractivity contribution in [3.8, 4) is 17.4 Å². The predicted octanol–water partition coefficient (Wildman–Crippen LogP) is 2.01. The summed E-state index contributed by atoms with van der Waals surface area (Å²) < 4.78 is 16.4. The Morgan fingerprint density at radius 2 is 2.00 bits per heavy atom. The van der Waals surface area contributed by atoms with E-state index in [4.69, 9.17) is 14.2 Å². The zero-order valence-electron chi connectivity index (χ0n) is 8.90. The maximum absolute atomic E-state index is 5.63. The average molecular weight is 217 g/mol. The van der Waals surface area contributed by atoms with Crippen LogP contribution < -0.4 is 14.2 Å². The van der Waals surface area contributed by atoms with Crippen molar-refractivity contribution in [3.63, 3.8) is 0 Å². The van der Waals surface area contributed by atoms with Gasteiger partial charge in [0.1, 0.15) is 13.2 Å². The van der Waals surface area contributed by atoms with Gasteiger partial charge in [-0.25, -0.2) is 4.98 Å². The molecule has 2 heterocycles. The van der Waals surface area contributed by atoms with Gasteiger partial charge in [-0.2, -0.15) is 0 Å². The smallest absolute Gasteiger partial charge is 0.221 e. The summed E-state index contributed by atoms with van der Waals surface area (Å²) in [6.07, 6.45) is 1.71. The lowest BCUT2D eigenvalue weighted by molar-refractivity contribution is 0.174. The fourth-order valence-electron chi connectivity index (χ4n) is 1.90. The van der Waals surface area contributed by atoms with Crippen molar-refractivity contribution in [2.24, 2.45) is 0 Å². The Bertz CT molecular complexity index is 539. The zero-order chi connectivity index (χ0) is 11.0. The summed E-state index contributed by atoms with van der Waals surface area (Å²) in [7, 11) is 1.61. The molecule has 82 valence electrons. The second-order valence-electron chi connectivity index (χ2n) is 3.51. The first-order valence-corrected chi connectivity index (χ1v) is 5.11. The lowest BCUT2D eigenvalue weighted by atomic mass is 10.1. The van der Waals surface area contributed by atoms with E-state index in [1.54, 1.807) is 13.3 Å². The molecule has 0 saturated heterocycles. The van der Waals surface area contributed by atoms with Gasteiger partial charge in [0.2, 0.25) is 5.88 Å². The molecule has 0 unspecified atom stereocenters. The van der Waals surface area contributed by atoms with Crippen LogP contribution in [0, 0.1) is 0 Å². The monoisotopic (exact) mass is 217 g/mol. The molecule has 1 aliphatic heterocycles. The highest BCUT2D eigenvalue weighted by Crippen LogP contribution is 2.39. The molecule has 0 bridgehead atoms. The van der Waals surface area contributed by atoms with E-state index in [1.165, 1.54) is 0 Å². The van der Waals surface area contributed by atoms with Crippen molar-refractivity contribution >= 4 is 10.8 Å². The van der Waals surface area contributed by atoms with Gasteiger partial charge in [-0.05, 0) is 18.2 Å². The molecule has 4 nitrogen and oxygen atoms in total. The molecular weight excluding hydrogens is 206 g/mol. The summed E-state index contributed by atoms with van der Waals surface area (Å²) in [5.74, 6) is 2.17. The Morgan fingerprint density at radius 3 is 2.88 bits per heavy atom. The molecule has 4 heteroatoms. The summed E-state index contributed by atoms with van der Waals surface area (Å²) in [5, 5.41) is 1.92. The van der Waals surface area contributed by atoms with Crippen LogP contribution in [0.25, 0.3) is 10.8 Å². The molecule has 0 N–H and O–H groups in total. The molecule has 3 rings (SSSR count). The molecule has 0 spiro atoms. The largest absolute Gasteiger partial charge is 0.486 e. The van der Waals surface area contributed by atoms with Gasteiger partial charge in [0, 0.05) is 17.0 Å². The molecule has 0 amide bonds. The molecule has 0 atom stereocenters. The average Bonchev–Trinajstić information content (AvgIpc) is 2.37. The zero-order valence-corrected chi connectivity index (χ0v) is 8.90. The molecule has 1 aromatic carbocycles. The molecular formula is C12H11NO3. The minimum Gasteiger partial charge on any atom is -0.486 e. The topological polar surface area (TPSA) is 40.6 Å². The summed E-state index contributed by atoms with van der Waals surface area (Å²) >= 11 is 0. The number of pyridine rings is 1. The summed E-state index contributed by atoms with van der Waals surface area (Å²) in [6.45, 7) is 1.18. The van der Waals surface area contributed by atoms with Gasteiger partial charge in [-0.15, -0.1) is 0 Å². The highest BCUT2D eigenvalue weighted by Gasteiger charge is 2.16. The summed E-state index contributed by atoms with van der Waals surface area (Å²) in [4.78, 5) is 4.16. The van der Waals surface area contributed by atoms with E-state index in [0.717, 1.165) is 22.3 Å². The fraction of sp³-hybridized carbons (Fsp3) is 0.250. The Hall–Kier alpha value is -1.97. The maximum Gasteiger partial charge on any atom is 0.221 e. The standard InChI is InChI=1S/C12H11NO3/c1-14-12-9-2-3-10-11(16-7-6-15-10)8(9)4-5-13-12/h2-5H,6-7H2,1H3. The third kappa shape index (κ3) is 1.26. The van der Waals surface area contributed by atoms with E-state index in [0.29, 0.717) is 19.1 Å². The summed E-state index contributed by atoms with van der Waals surface area (Å²) in [5.41, 5.74) is 0. The third-order valence-corrected chi connectivity index (χ3v) is 2.60. The number of methoxy groups -OCH3 is 1. The van der Waals surface area contributed by atoms with Crippen LogP contribution in [0.1, 0.15) is 0 Å². The van der Waals surface area contributed by atoms with E-state index < -0.39 is 0 Å². The van der Waals surface area contributed by atoms with Gasteiger partial charge in [0.25, 0.3) is 0 Å². The van der Waals surface area contributed by atoms with Crippen LogP contribution in [-0.2, 0) is 0 Å². The second-order valence-corrected chi connectivity index (χ2v) is 3.51. The van der Waals surface area contributed by atoms with Crippen LogP contribution in [-0.4, -0.2) is 25.3 Å². The number of rotatable bonds is 1. The lowest BCUT2D eigenvalue weighted by Gasteiger charge is -2.20. The van der Waals surface area contributed by atoms with Crippen molar-refractivity contribution < 1.29 is 14.2 Å². The Morgan fingerprint density at radius 1 is 1.12 bits per heavy atom. The lowest BCUT2D eigenvalue weighted by Crippen LogP contribution is -2.15. The van der Waals surface area contributed by atoms with Crippen LogP contribution in [0.2, 0.25) is 0 Å². The Balaban J connectivity index is 2.31. The molecule has 16 heavy (non-hydrogen) atoms. The van der Waals surface area contributed by atoms with Crippen LogP contribution in [0.4, 0.5) is 0 Å². The molecule has 1 aromatic heterocycles. The quantitative estimate of drug-likeness (QED) is 0.732. The van der Waals surface area contributed by atoms with E-state index in [1.807, 2.05) is 18.2 Å². The molecule has 1 aliphatic rings. The van der Waals surface area contributed by atoms with E-state index in [-0.39, 0.29) is 0 Å². The molecule has 0 aliphatic carbocycles. The molecule has 0 saturated carbocycles. The van der Waals surface area contributed by atoms with Gasteiger partial charge in [-0.1, -0.05) is 0 Å². The number of aromatic nitrogens is 1. The van der Waals surface area contributed by atoms with Crippen molar-refractivity contribution in [2.75, 3.05) is 20.3 Å². The van der Waals surface area contributed by atoms with E-state index in [2.05, 4.69) is 4.98 Å². The van der Waals surface area contributed by atoms with Crippen molar-refractivity contribution in [2.45, 2.75) is 0 Å². The maximum atomic E-state index is 5.63. The predicted molar refractivity (Wildman–Crippen MR) is 59.3 cm³/mol. The van der Waals surface area contributed by atoms with Crippen molar-refractivity contribution in [1.29, 1.82) is 0 Å².